The zero-order valence-corrected chi connectivity index (χ0v) is 19.3. The van der Waals surface area contributed by atoms with Gasteiger partial charge in [-0.2, -0.15) is 5.26 Å². The molecule has 174 valence electrons. The number of methoxy groups -OCH3 is 2. The Morgan fingerprint density at radius 1 is 1.11 bits per heavy atom. The predicted octanol–water partition coefficient (Wildman–Crippen LogP) is 4.47. The second-order valence-corrected chi connectivity index (χ2v) is 7.94. The van der Waals surface area contributed by atoms with Gasteiger partial charge in [-0.25, -0.2) is 19.4 Å². The third kappa shape index (κ3) is 4.80. The first kappa shape index (κ1) is 23.4. The van der Waals surface area contributed by atoms with E-state index in [4.69, 9.17) is 13.9 Å². The Morgan fingerprint density at radius 3 is 2.63 bits per heavy atom. The molecule has 35 heavy (non-hydrogen) atoms. The van der Waals surface area contributed by atoms with E-state index in [2.05, 4.69) is 10.3 Å². The van der Waals surface area contributed by atoms with Gasteiger partial charge in [-0.15, -0.1) is 11.3 Å². The number of hydrogen-bond acceptors (Lipinski definition) is 10. The van der Waals surface area contributed by atoms with Gasteiger partial charge in [0.1, 0.15) is 22.2 Å². The Bertz CT molecular complexity index is 1580. The summed E-state index contributed by atoms with van der Waals surface area (Å²) in [4.78, 5) is 40.9. The van der Waals surface area contributed by atoms with Gasteiger partial charge in [-0.05, 0) is 30.3 Å². The number of ether oxygens (including phenoxy) is 2. The van der Waals surface area contributed by atoms with E-state index in [1.54, 1.807) is 23.6 Å². The fraction of sp³-hybridized carbons (Fsp3) is 0.0800. The summed E-state index contributed by atoms with van der Waals surface area (Å²) in [6, 6.07) is 15.1. The molecule has 0 bridgehead atoms. The van der Waals surface area contributed by atoms with Gasteiger partial charge in [-0.3, -0.25) is 0 Å². The number of rotatable bonds is 6. The monoisotopic (exact) mass is 487 g/mol. The summed E-state index contributed by atoms with van der Waals surface area (Å²) in [5, 5.41) is 15.3. The van der Waals surface area contributed by atoms with E-state index in [9.17, 15) is 19.6 Å². The van der Waals surface area contributed by atoms with Gasteiger partial charge in [0.25, 0.3) is 0 Å². The topological polar surface area (TPSA) is 132 Å². The van der Waals surface area contributed by atoms with Crippen molar-refractivity contribution in [2.75, 3.05) is 19.5 Å². The maximum absolute atomic E-state index is 12.5. The summed E-state index contributed by atoms with van der Waals surface area (Å²) >= 11 is 1.16. The number of thiazole rings is 1. The Morgan fingerprint density at radius 2 is 1.89 bits per heavy atom. The molecule has 0 saturated heterocycles. The van der Waals surface area contributed by atoms with Crippen molar-refractivity contribution in [3.05, 3.63) is 86.7 Å². The first-order valence-corrected chi connectivity index (χ1v) is 11.0. The first-order valence-electron chi connectivity index (χ1n) is 10.1. The molecular weight excluding hydrogens is 470 g/mol. The van der Waals surface area contributed by atoms with Crippen LogP contribution in [0.5, 0.6) is 0 Å². The molecule has 0 saturated carbocycles. The molecule has 0 radical (unpaired) electrons. The van der Waals surface area contributed by atoms with Crippen LogP contribution >= 0.6 is 11.3 Å². The highest BCUT2D eigenvalue weighted by Gasteiger charge is 2.17. The van der Waals surface area contributed by atoms with Crippen molar-refractivity contribution in [1.29, 1.82) is 5.26 Å². The van der Waals surface area contributed by atoms with Crippen LogP contribution < -0.4 is 10.9 Å². The van der Waals surface area contributed by atoms with Crippen LogP contribution in [0.3, 0.4) is 0 Å². The lowest BCUT2D eigenvalue weighted by Gasteiger charge is -2.10. The van der Waals surface area contributed by atoms with Crippen LogP contribution in [0.25, 0.3) is 27.8 Å². The van der Waals surface area contributed by atoms with Crippen LogP contribution in [0.2, 0.25) is 0 Å². The summed E-state index contributed by atoms with van der Waals surface area (Å²) in [6.45, 7) is 0. The van der Waals surface area contributed by atoms with Gasteiger partial charge < -0.3 is 19.2 Å². The molecule has 0 aliphatic carbocycles. The van der Waals surface area contributed by atoms with Crippen molar-refractivity contribution in [1.82, 2.24) is 4.98 Å². The van der Waals surface area contributed by atoms with Crippen LogP contribution in [0.1, 0.15) is 25.7 Å². The fourth-order valence-corrected chi connectivity index (χ4v) is 4.04. The molecule has 0 unspecified atom stereocenters. The molecule has 1 N–H and O–H groups in total. The number of para-hydroxylation sites is 1. The average molecular weight is 487 g/mol. The SMILES string of the molecule is COC(=O)c1ccc(C(=O)OC)c(N/C=C(\C#N)c2nc(-c3cc4ccccc4oc3=O)cs2)c1. The molecule has 9 nitrogen and oxygen atoms in total. The summed E-state index contributed by atoms with van der Waals surface area (Å²) < 4.78 is 14.9. The minimum absolute atomic E-state index is 0.144. The normalized spacial score (nSPS) is 11.1. The molecule has 0 spiro atoms. The molecule has 0 amide bonds. The largest absolute Gasteiger partial charge is 0.465 e. The number of allylic oxidation sites excluding steroid dienone is 1. The zero-order chi connectivity index (χ0) is 24.9. The number of fused-ring (bicyclic) bond motifs is 1. The lowest BCUT2D eigenvalue weighted by molar-refractivity contribution is 0.0587. The molecule has 0 atom stereocenters. The summed E-state index contributed by atoms with van der Waals surface area (Å²) in [5.74, 6) is -1.22. The lowest BCUT2D eigenvalue weighted by atomic mass is 10.1. The van der Waals surface area contributed by atoms with Gasteiger partial charge in [-0.1, -0.05) is 18.2 Å². The van der Waals surface area contributed by atoms with Gasteiger partial charge >= 0.3 is 17.6 Å². The van der Waals surface area contributed by atoms with Crippen molar-refractivity contribution in [3.8, 4) is 17.3 Å². The maximum atomic E-state index is 12.5. The van der Waals surface area contributed by atoms with E-state index < -0.39 is 17.6 Å². The van der Waals surface area contributed by atoms with Crippen LogP contribution in [0, 0.1) is 11.3 Å². The quantitative estimate of drug-likeness (QED) is 0.238. The maximum Gasteiger partial charge on any atom is 0.345 e. The molecule has 4 rings (SSSR count). The Balaban J connectivity index is 1.68. The fourth-order valence-electron chi connectivity index (χ4n) is 3.25. The number of nitrogens with zero attached hydrogens (tertiary/aromatic N) is 2. The molecule has 2 aromatic heterocycles. The molecule has 0 aliphatic rings. The smallest absolute Gasteiger partial charge is 0.345 e. The van der Waals surface area contributed by atoms with Gasteiger partial charge in [0, 0.05) is 17.0 Å². The van der Waals surface area contributed by atoms with Crippen molar-refractivity contribution in [3.63, 3.8) is 0 Å². The molecule has 2 aromatic carbocycles. The van der Waals surface area contributed by atoms with Crippen molar-refractivity contribution >= 4 is 45.5 Å². The van der Waals surface area contributed by atoms with Crippen LogP contribution in [0.4, 0.5) is 5.69 Å². The number of nitriles is 1. The lowest BCUT2D eigenvalue weighted by Crippen LogP contribution is -2.08. The minimum atomic E-state index is -0.629. The van der Waals surface area contributed by atoms with E-state index >= 15 is 0 Å². The summed E-state index contributed by atoms with van der Waals surface area (Å²) in [7, 11) is 2.48. The molecule has 4 aromatic rings. The second kappa shape index (κ2) is 10.0. The number of carbonyl (C=O) groups is 2. The molecule has 10 heteroatoms. The van der Waals surface area contributed by atoms with Gasteiger partial charge in [0.2, 0.25) is 0 Å². The average Bonchev–Trinajstić information content (AvgIpc) is 3.37. The highest BCUT2D eigenvalue weighted by Crippen LogP contribution is 2.27. The van der Waals surface area contributed by atoms with Crippen molar-refractivity contribution in [2.24, 2.45) is 0 Å². The number of anilines is 1. The minimum Gasteiger partial charge on any atom is -0.465 e. The number of carbonyl (C=O) groups excluding carboxylic acids is 2. The third-order valence-corrected chi connectivity index (χ3v) is 5.87. The van der Waals surface area contributed by atoms with E-state index in [0.717, 1.165) is 16.7 Å². The number of aromatic nitrogens is 1. The Kier molecular flexibility index (Phi) is 6.71. The van der Waals surface area contributed by atoms with E-state index in [0.29, 0.717) is 16.3 Å². The number of benzene rings is 2. The van der Waals surface area contributed by atoms with E-state index in [-0.39, 0.29) is 28.0 Å². The summed E-state index contributed by atoms with van der Waals surface area (Å²) in [6.07, 6.45) is 1.36. The zero-order valence-electron chi connectivity index (χ0n) is 18.5. The molecule has 2 heterocycles. The molecular formula is C25H17N3O6S. The third-order valence-electron chi connectivity index (χ3n) is 4.99. The van der Waals surface area contributed by atoms with E-state index in [1.165, 1.54) is 38.6 Å². The van der Waals surface area contributed by atoms with Crippen LogP contribution in [-0.4, -0.2) is 31.1 Å². The van der Waals surface area contributed by atoms with Crippen molar-refractivity contribution < 1.29 is 23.5 Å². The van der Waals surface area contributed by atoms with E-state index in [1.807, 2.05) is 18.2 Å². The molecule has 0 fully saturated rings. The highest BCUT2D eigenvalue weighted by atomic mass is 32.1. The predicted molar refractivity (Wildman–Crippen MR) is 130 cm³/mol. The van der Waals surface area contributed by atoms with Gasteiger partial charge in [0.05, 0.1) is 42.3 Å². The summed E-state index contributed by atoms with van der Waals surface area (Å²) in [5.41, 5.74) is 1.31. The Labute approximate surface area is 202 Å². The first-order chi connectivity index (χ1) is 16.9. The highest BCUT2D eigenvalue weighted by molar-refractivity contribution is 7.11. The van der Waals surface area contributed by atoms with Crippen molar-refractivity contribution in [2.45, 2.75) is 0 Å². The van der Waals surface area contributed by atoms with Crippen LogP contribution in [0.15, 0.2) is 69.3 Å². The van der Waals surface area contributed by atoms with Gasteiger partial charge in [0.15, 0.2) is 0 Å². The standard InChI is InChI=1S/C25H17N3O6S/c1-32-23(29)15-7-8-17(24(30)33-2)19(10-15)27-12-16(11-26)22-28-20(13-35-22)18-9-14-5-3-4-6-21(14)34-25(18)31/h3-10,12-13,27H,1-2H3/b16-12+. The second-order valence-electron chi connectivity index (χ2n) is 7.08. The number of nitrogens with one attached hydrogen (secondary N) is 1. The number of hydrogen-bond donors (Lipinski definition) is 1. The molecule has 0 aliphatic heterocycles. The Hall–Kier alpha value is -4.75. The number of esters is 2. The van der Waals surface area contributed by atoms with Crippen LogP contribution in [-0.2, 0) is 9.47 Å².